The topological polar surface area (TPSA) is 111 Å². The summed E-state index contributed by atoms with van der Waals surface area (Å²) in [6.07, 6.45) is 2.97. The molecule has 0 atom stereocenters. The van der Waals surface area contributed by atoms with Crippen molar-refractivity contribution >= 4 is 0 Å². The van der Waals surface area contributed by atoms with Crippen LogP contribution in [0.25, 0.3) is 17.1 Å². The highest BCUT2D eigenvalue weighted by molar-refractivity contribution is 5.68. The number of methoxy groups -OCH3 is 3. The van der Waals surface area contributed by atoms with Crippen molar-refractivity contribution in [3.8, 4) is 34.3 Å². The van der Waals surface area contributed by atoms with E-state index in [9.17, 15) is 9.59 Å². The van der Waals surface area contributed by atoms with Gasteiger partial charge in [-0.15, -0.1) is 0 Å². The van der Waals surface area contributed by atoms with Gasteiger partial charge in [0.1, 0.15) is 12.3 Å². The van der Waals surface area contributed by atoms with Gasteiger partial charge in [0.2, 0.25) is 11.7 Å². The molecule has 32 heavy (non-hydrogen) atoms. The zero-order chi connectivity index (χ0) is 22.7. The van der Waals surface area contributed by atoms with Gasteiger partial charge in [-0.05, 0) is 24.3 Å². The monoisotopic (exact) mass is 436 g/mol. The minimum atomic E-state index is -0.739. The van der Waals surface area contributed by atoms with Crippen LogP contribution in [0.4, 0.5) is 0 Å². The van der Waals surface area contributed by atoms with E-state index in [0.717, 1.165) is 0 Å². The normalized spacial score (nSPS) is 10.7. The number of hydrogen-bond acceptors (Lipinski definition) is 8. The molecule has 0 aliphatic carbocycles. The van der Waals surface area contributed by atoms with Crippen molar-refractivity contribution in [2.75, 3.05) is 21.3 Å². The Kier molecular flexibility index (Phi) is 5.75. The van der Waals surface area contributed by atoms with Crippen LogP contribution in [-0.4, -0.2) is 40.6 Å². The van der Waals surface area contributed by atoms with Gasteiger partial charge < -0.3 is 18.7 Å². The van der Waals surface area contributed by atoms with E-state index in [0.29, 0.717) is 28.5 Å². The minimum absolute atomic E-state index is 0.0693. The highest BCUT2D eigenvalue weighted by atomic mass is 16.5. The lowest BCUT2D eigenvalue weighted by Crippen LogP contribution is -2.40. The van der Waals surface area contributed by atoms with Gasteiger partial charge in [-0.3, -0.25) is 18.7 Å². The Morgan fingerprint density at radius 2 is 1.62 bits per heavy atom. The Morgan fingerprint density at radius 1 is 0.875 bits per heavy atom. The zero-order valence-electron chi connectivity index (χ0n) is 17.6. The van der Waals surface area contributed by atoms with Gasteiger partial charge in [0.25, 0.3) is 0 Å². The molecule has 0 saturated heterocycles. The summed E-state index contributed by atoms with van der Waals surface area (Å²) in [4.78, 5) is 29.7. The number of hydrogen-bond donors (Lipinski definition) is 0. The van der Waals surface area contributed by atoms with Gasteiger partial charge in [-0.2, -0.15) is 4.98 Å². The van der Waals surface area contributed by atoms with Gasteiger partial charge >= 0.3 is 11.1 Å². The molecular formula is C22H20N4O6. The fraction of sp³-hybridized carbons (Fsp3) is 0.182. The van der Waals surface area contributed by atoms with Crippen LogP contribution in [0.5, 0.6) is 17.2 Å². The summed E-state index contributed by atoms with van der Waals surface area (Å²) in [5, 5.41) is 3.97. The molecule has 0 bridgehead atoms. The van der Waals surface area contributed by atoms with Crippen LogP contribution >= 0.6 is 0 Å². The fourth-order valence-corrected chi connectivity index (χ4v) is 3.29. The van der Waals surface area contributed by atoms with Gasteiger partial charge in [0.15, 0.2) is 11.5 Å². The second-order valence-electron chi connectivity index (χ2n) is 6.63. The maximum atomic E-state index is 12.7. The van der Waals surface area contributed by atoms with Gasteiger partial charge in [-0.1, -0.05) is 23.4 Å². The number of ether oxygens (including phenoxy) is 3. The lowest BCUT2D eigenvalue weighted by Gasteiger charge is -2.11. The average molecular weight is 436 g/mol. The minimum Gasteiger partial charge on any atom is -0.495 e. The quantitative estimate of drug-likeness (QED) is 0.405. The SMILES string of the molecule is COc1ccccc1-n1ccn(Cc2nc(-c3cccc(OC)c3OC)no2)c(=O)c1=O. The summed E-state index contributed by atoms with van der Waals surface area (Å²) >= 11 is 0. The third kappa shape index (κ3) is 3.73. The molecular weight excluding hydrogens is 416 g/mol. The van der Waals surface area contributed by atoms with E-state index in [4.69, 9.17) is 18.7 Å². The first kappa shape index (κ1) is 20.9. The molecule has 2 heterocycles. The molecule has 4 aromatic rings. The number of benzene rings is 2. The third-order valence-corrected chi connectivity index (χ3v) is 4.82. The van der Waals surface area contributed by atoms with E-state index < -0.39 is 11.1 Å². The number of nitrogens with zero attached hydrogens (tertiary/aromatic N) is 4. The van der Waals surface area contributed by atoms with Crippen LogP contribution < -0.4 is 25.3 Å². The summed E-state index contributed by atoms with van der Waals surface area (Å²) in [7, 11) is 4.54. The summed E-state index contributed by atoms with van der Waals surface area (Å²) in [5.41, 5.74) is -0.432. The third-order valence-electron chi connectivity index (χ3n) is 4.82. The predicted molar refractivity (Wildman–Crippen MR) is 115 cm³/mol. The van der Waals surface area contributed by atoms with Crippen molar-refractivity contribution in [2.45, 2.75) is 6.54 Å². The molecule has 0 radical (unpaired) electrons. The maximum Gasteiger partial charge on any atom is 0.321 e. The lowest BCUT2D eigenvalue weighted by atomic mass is 10.1. The van der Waals surface area contributed by atoms with Crippen molar-refractivity contribution in [1.82, 2.24) is 19.3 Å². The molecule has 0 saturated carbocycles. The van der Waals surface area contributed by atoms with Crippen LogP contribution in [0.2, 0.25) is 0 Å². The van der Waals surface area contributed by atoms with E-state index in [-0.39, 0.29) is 18.3 Å². The van der Waals surface area contributed by atoms with Gasteiger partial charge in [-0.25, -0.2) is 0 Å². The fourth-order valence-electron chi connectivity index (χ4n) is 3.29. The van der Waals surface area contributed by atoms with Crippen LogP contribution in [0.3, 0.4) is 0 Å². The highest BCUT2D eigenvalue weighted by Gasteiger charge is 2.18. The Labute approximate surface area is 182 Å². The van der Waals surface area contributed by atoms with E-state index in [1.54, 1.807) is 42.5 Å². The van der Waals surface area contributed by atoms with Crippen LogP contribution in [0.15, 0.2) is 69.0 Å². The largest absolute Gasteiger partial charge is 0.495 e. The van der Waals surface area contributed by atoms with E-state index in [2.05, 4.69) is 10.1 Å². The first-order chi connectivity index (χ1) is 15.6. The summed E-state index contributed by atoms with van der Waals surface area (Å²) in [5.74, 6) is 1.87. The molecule has 10 heteroatoms. The number of para-hydroxylation sites is 3. The zero-order valence-corrected chi connectivity index (χ0v) is 17.6. The second-order valence-corrected chi connectivity index (χ2v) is 6.63. The highest BCUT2D eigenvalue weighted by Crippen LogP contribution is 2.36. The molecule has 0 spiro atoms. The molecule has 4 rings (SSSR count). The van der Waals surface area contributed by atoms with Crippen LogP contribution in [0.1, 0.15) is 5.89 Å². The van der Waals surface area contributed by atoms with E-state index >= 15 is 0 Å². The first-order valence-electron chi connectivity index (χ1n) is 9.56. The van der Waals surface area contributed by atoms with Crippen molar-refractivity contribution in [3.05, 3.63) is 81.5 Å². The molecule has 0 unspecified atom stereocenters. The van der Waals surface area contributed by atoms with Crippen LogP contribution in [0, 0.1) is 0 Å². The molecule has 0 aliphatic rings. The Morgan fingerprint density at radius 3 is 2.38 bits per heavy atom. The number of aromatic nitrogens is 4. The molecule has 0 N–H and O–H groups in total. The summed E-state index contributed by atoms with van der Waals surface area (Å²) < 4.78 is 23.7. The Balaban J connectivity index is 1.66. The average Bonchev–Trinajstić information content (AvgIpc) is 3.30. The Bertz CT molecular complexity index is 1370. The van der Waals surface area contributed by atoms with Crippen LogP contribution in [-0.2, 0) is 6.54 Å². The molecule has 2 aromatic carbocycles. The van der Waals surface area contributed by atoms with Crippen molar-refractivity contribution in [3.63, 3.8) is 0 Å². The maximum absolute atomic E-state index is 12.7. The van der Waals surface area contributed by atoms with E-state index in [1.807, 2.05) is 0 Å². The molecule has 0 aliphatic heterocycles. The lowest BCUT2D eigenvalue weighted by molar-refractivity contribution is 0.354. The number of rotatable bonds is 7. The van der Waals surface area contributed by atoms with Gasteiger partial charge in [0, 0.05) is 12.4 Å². The standard InChI is InChI=1S/C22H20N4O6/c1-29-16-9-5-4-8-15(16)26-12-11-25(21(27)22(26)28)13-18-23-20(24-32-18)14-7-6-10-17(30-2)19(14)31-3/h4-12H,13H2,1-3H3. The second kappa shape index (κ2) is 8.80. The summed E-state index contributed by atoms with van der Waals surface area (Å²) in [6, 6.07) is 12.2. The molecule has 164 valence electrons. The predicted octanol–water partition coefficient (Wildman–Crippen LogP) is 2.12. The molecule has 0 amide bonds. The first-order valence-corrected chi connectivity index (χ1v) is 9.56. The Hall–Kier alpha value is -4.34. The smallest absolute Gasteiger partial charge is 0.321 e. The molecule has 2 aromatic heterocycles. The van der Waals surface area contributed by atoms with Crippen molar-refractivity contribution in [1.29, 1.82) is 0 Å². The van der Waals surface area contributed by atoms with Gasteiger partial charge in [0.05, 0.1) is 32.6 Å². The van der Waals surface area contributed by atoms with Crippen molar-refractivity contribution < 1.29 is 18.7 Å². The van der Waals surface area contributed by atoms with E-state index in [1.165, 1.54) is 42.9 Å². The molecule has 0 fully saturated rings. The molecule has 10 nitrogen and oxygen atoms in total. The van der Waals surface area contributed by atoms with Crippen molar-refractivity contribution in [2.24, 2.45) is 0 Å². The summed E-state index contributed by atoms with van der Waals surface area (Å²) in [6.45, 7) is -0.0693.